The molecule has 0 bridgehead atoms. The molecular weight excluding hydrogens is 342 g/mol. The summed E-state index contributed by atoms with van der Waals surface area (Å²) in [5.74, 6) is -1.08. The van der Waals surface area contributed by atoms with E-state index in [0.717, 1.165) is 11.3 Å². The molecule has 2 heterocycles. The molecule has 1 aromatic carbocycles. The number of hydrogen-bond acceptors (Lipinski definition) is 3. The van der Waals surface area contributed by atoms with Crippen LogP contribution in [0.1, 0.15) is 49.4 Å². The number of nitrogens with zero attached hydrogens (tertiary/aromatic N) is 2. The summed E-state index contributed by atoms with van der Waals surface area (Å²) in [6.45, 7) is 8.32. The lowest BCUT2D eigenvalue weighted by molar-refractivity contribution is -0.120. The van der Waals surface area contributed by atoms with Gasteiger partial charge in [-0.2, -0.15) is 0 Å². The Labute approximate surface area is 158 Å². The molecule has 1 aliphatic heterocycles. The quantitative estimate of drug-likeness (QED) is 0.844. The van der Waals surface area contributed by atoms with E-state index in [9.17, 15) is 14.7 Å². The first-order valence-electron chi connectivity index (χ1n) is 9.19. The fraction of sp³-hybridized carbons (Fsp3) is 0.381. The van der Waals surface area contributed by atoms with E-state index < -0.39 is 12.0 Å². The van der Waals surface area contributed by atoms with Crippen LogP contribution in [0, 0.1) is 11.8 Å². The molecule has 1 aromatic heterocycles. The Bertz CT molecular complexity index is 881. The maximum absolute atomic E-state index is 13.4. The highest BCUT2D eigenvalue weighted by atomic mass is 16.4. The van der Waals surface area contributed by atoms with Crippen molar-refractivity contribution in [2.45, 2.75) is 40.3 Å². The smallest absolute Gasteiger partial charge is 0.352 e. The fourth-order valence-electron chi connectivity index (χ4n) is 3.32. The molecule has 6 heteroatoms. The lowest BCUT2D eigenvalue weighted by atomic mass is 10.0. The molecule has 0 unspecified atom stereocenters. The highest BCUT2D eigenvalue weighted by Crippen LogP contribution is 2.32. The molecule has 1 aliphatic rings. The topological polar surface area (TPSA) is 85.8 Å². The average molecular weight is 367 g/mol. The van der Waals surface area contributed by atoms with Gasteiger partial charge in [0.1, 0.15) is 11.7 Å². The SMILES string of the molecule is CC(C)C1=N[C@@H](C(C)C)C(=O)N(Cc2ccccc2)c2cc(C(=O)O)[nH]c21. The van der Waals surface area contributed by atoms with Gasteiger partial charge in [-0.15, -0.1) is 0 Å². The molecule has 0 fully saturated rings. The van der Waals surface area contributed by atoms with Crippen molar-refractivity contribution in [1.82, 2.24) is 4.98 Å². The van der Waals surface area contributed by atoms with Crippen molar-refractivity contribution in [3.63, 3.8) is 0 Å². The fourth-order valence-corrected chi connectivity index (χ4v) is 3.32. The van der Waals surface area contributed by atoms with Crippen LogP contribution < -0.4 is 4.90 Å². The van der Waals surface area contributed by atoms with E-state index in [2.05, 4.69) is 4.98 Å². The number of carbonyl (C=O) groups is 2. The van der Waals surface area contributed by atoms with Crippen molar-refractivity contribution in [2.75, 3.05) is 4.90 Å². The molecule has 1 amide bonds. The number of aromatic carboxylic acids is 1. The monoisotopic (exact) mass is 367 g/mol. The zero-order valence-electron chi connectivity index (χ0n) is 16.1. The largest absolute Gasteiger partial charge is 0.477 e. The molecule has 0 spiro atoms. The molecule has 0 aliphatic carbocycles. The van der Waals surface area contributed by atoms with Gasteiger partial charge >= 0.3 is 5.97 Å². The maximum Gasteiger partial charge on any atom is 0.352 e. The van der Waals surface area contributed by atoms with E-state index in [4.69, 9.17) is 4.99 Å². The first-order chi connectivity index (χ1) is 12.8. The molecule has 1 atom stereocenters. The van der Waals surface area contributed by atoms with E-state index in [1.54, 1.807) is 11.0 Å². The third kappa shape index (κ3) is 3.65. The van der Waals surface area contributed by atoms with E-state index in [0.29, 0.717) is 17.9 Å². The van der Waals surface area contributed by atoms with Crippen LogP contribution in [-0.2, 0) is 11.3 Å². The molecule has 6 nitrogen and oxygen atoms in total. The number of H-pyrrole nitrogens is 1. The third-order valence-corrected chi connectivity index (χ3v) is 4.73. The number of aromatic nitrogens is 1. The second-order valence-corrected chi connectivity index (χ2v) is 7.52. The molecule has 0 radical (unpaired) electrons. The Morgan fingerprint density at radius 1 is 1.22 bits per heavy atom. The minimum absolute atomic E-state index is 0.0347. The number of rotatable bonds is 5. The van der Waals surface area contributed by atoms with Gasteiger partial charge in [0.25, 0.3) is 5.91 Å². The van der Waals surface area contributed by atoms with Crippen molar-refractivity contribution in [1.29, 1.82) is 0 Å². The number of amides is 1. The molecule has 0 saturated carbocycles. The van der Waals surface area contributed by atoms with Crippen LogP contribution in [0.3, 0.4) is 0 Å². The summed E-state index contributed by atoms with van der Waals surface area (Å²) in [6.07, 6.45) is 0. The number of carboxylic acid groups (broad SMARTS) is 1. The van der Waals surface area contributed by atoms with Crippen molar-refractivity contribution in [3.05, 3.63) is 53.3 Å². The lowest BCUT2D eigenvalue weighted by Gasteiger charge is -2.25. The van der Waals surface area contributed by atoms with E-state index in [1.165, 1.54) is 0 Å². The van der Waals surface area contributed by atoms with Crippen LogP contribution in [0.4, 0.5) is 5.69 Å². The van der Waals surface area contributed by atoms with Crippen LogP contribution in [0.15, 0.2) is 41.4 Å². The minimum Gasteiger partial charge on any atom is -0.477 e. The van der Waals surface area contributed by atoms with Gasteiger partial charge in [-0.3, -0.25) is 9.79 Å². The highest BCUT2D eigenvalue weighted by Gasteiger charge is 2.35. The Morgan fingerprint density at radius 3 is 2.44 bits per heavy atom. The van der Waals surface area contributed by atoms with Crippen LogP contribution >= 0.6 is 0 Å². The normalized spacial score (nSPS) is 17.1. The second-order valence-electron chi connectivity index (χ2n) is 7.52. The number of hydrogen-bond donors (Lipinski definition) is 2. The van der Waals surface area contributed by atoms with Gasteiger partial charge in [0.05, 0.1) is 23.6 Å². The van der Waals surface area contributed by atoms with Gasteiger partial charge in [-0.05, 0) is 23.5 Å². The number of anilines is 1. The molecular formula is C21H25N3O3. The van der Waals surface area contributed by atoms with Crippen molar-refractivity contribution < 1.29 is 14.7 Å². The van der Waals surface area contributed by atoms with Crippen molar-refractivity contribution in [3.8, 4) is 0 Å². The summed E-state index contributed by atoms with van der Waals surface area (Å²) in [5.41, 5.74) is 2.97. The van der Waals surface area contributed by atoms with Gasteiger partial charge in [0.15, 0.2) is 0 Å². The van der Waals surface area contributed by atoms with E-state index >= 15 is 0 Å². The number of carbonyl (C=O) groups excluding carboxylic acids is 1. The number of benzene rings is 1. The number of aromatic amines is 1. The Morgan fingerprint density at radius 2 is 1.89 bits per heavy atom. The number of carboxylic acids is 1. The van der Waals surface area contributed by atoms with E-state index in [-0.39, 0.29) is 23.4 Å². The van der Waals surface area contributed by atoms with Gasteiger partial charge in [0.2, 0.25) is 0 Å². The zero-order chi connectivity index (χ0) is 19.7. The standard InChI is InChI=1S/C21H25N3O3/c1-12(2)17-19-16(10-15(22-19)21(26)27)24(11-14-8-6-5-7-9-14)20(25)18(23-17)13(3)4/h5-10,12-13,18,22H,11H2,1-4H3,(H,26,27)/t18-/m0/s1. The summed E-state index contributed by atoms with van der Waals surface area (Å²) in [5, 5.41) is 9.44. The summed E-state index contributed by atoms with van der Waals surface area (Å²) in [6, 6.07) is 10.7. The molecule has 27 heavy (non-hydrogen) atoms. The minimum atomic E-state index is -1.06. The molecule has 0 saturated heterocycles. The summed E-state index contributed by atoms with van der Waals surface area (Å²) >= 11 is 0. The van der Waals surface area contributed by atoms with E-state index in [1.807, 2.05) is 58.0 Å². The van der Waals surface area contributed by atoms with Crippen molar-refractivity contribution >= 4 is 23.3 Å². The number of aliphatic imine (C=N–C) groups is 1. The molecule has 2 aromatic rings. The van der Waals surface area contributed by atoms with Gasteiger partial charge in [-0.1, -0.05) is 58.0 Å². The number of fused-ring (bicyclic) bond motifs is 1. The predicted molar refractivity (Wildman–Crippen MR) is 105 cm³/mol. The van der Waals surface area contributed by atoms with Gasteiger partial charge in [-0.25, -0.2) is 4.79 Å². The van der Waals surface area contributed by atoms with Crippen molar-refractivity contribution in [2.24, 2.45) is 16.8 Å². The second kappa shape index (κ2) is 7.39. The summed E-state index contributed by atoms with van der Waals surface area (Å²) < 4.78 is 0. The summed E-state index contributed by atoms with van der Waals surface area (Å²) in [7, 11) is 0. The van der Waals surface area contributed by atoms with Gasteiger partial charge < -0.3 is 15.0 Å². The zero-order valence-corrected chi connectivity index (χ0v) is 16.1. The Balaban J connectivity index is 2.18. The Kier molecular flexibility index (Phi) is 5.17. The maximum atomic E-state index is 13.4. The average Bonchev–Trinajstić information content (AvgIpc) is 3.01. The molecule has 3 rings (SSSR count). The first-order valence-corrected chi connectivity index (χ1v) is 9.19. The highest BCUT2D eigenvalue weighted by molar-refractivity contribution is 6.13. The molecule has 2 N–H and O–H groups in total. The van der Waals surface area contributed by atoms with Crippen LogP contribution in [0.25, 0.3) is 0 Å². The lowest BCUT2D eigenvalue weighted by Crippen LogP contribution is -2.39. The van der Waals surface area contributed by atoms with Crippen LogP contribution in [-0.4, -0.2) is 33.7 Å². The third-order valence-electron chi connectivity index (χ3n) is 4.73. The predicted octanol–water partition coefficient (Wildman–Crippen LogP) is 3.73. The van der Waals surface area contributed by atoms with Gasteiger partial charge in [0, 0.05) is 0 Å². The first kappa shape index (κ1) is 18.9. The number of nitrogens with one attached hydrogen (secondary N) is 1. The van der Waals surface area contributed by atoms with Crippen LogP contribution in [0.2, 0.25) is 0 Å². The molecule has 142 valence electrons. The van der Waals surface area contributed by atoms with Crippen LogP contribution in [0.5, 0.6) is 0 Å². The summed E-state index contributed by atoms with van der Waals surface area (Å²) in [4.78, 5) is 34.3. The Hall–Kier alpha value is -2.89.